The molecule has 1 aromatic carbocycles. The van der Waals surface area contributed by atoms with Crippen LogP contribution in [0.25, 0.3) is 0 Å². The van der Waals surface area contributed by atoms with Gasteiger partial charge in [-0.3, -0.25) is 9.69 Å². The van der Waals surface area contributed by atoms with Crippen molar-refractivity contribution in [1.29, 1.82) is 0 Å². The van der Waals surface area contributed by atoms with E-state index in [1.165, 1.54) is 0 Å². The zero-order valence-corrected chi connectivity index (χ0v) is 9.55. The predicted octanol–water partition coefficient (Wildman–Crippen LogP) is 1.86. The second-order valence-corrected chi connectivity index (χ2v) is 3.86. The van der Waals surface area contributed by atoms with E-state index in [9.17, 15) is 9.90 Å². The molecule has 16 heavy (non-hydrogen) atoms. The van der Waals surface area contributed by atoms with Crippen LogP contribution >= 0.6 is 0 Å². The molecule has 4 nitrogen and oxygen atoms in total. The van der Waals surface area contributed by atoms with Crippen molar-refractivity contribution in [1.82, 2.24) is 4.90 Å². The number of hydrogen-bond acceptors (Lipinski definition) is 3. The van der Waals surface area contributed by atoms with Crippen LogP contribution in [0.15, 0.2) is 24.3 Å². The lowest BCUT2D eigenvalue weighted by molar-refractivity contribution is -0.137. The minimum atomic E-state index is -0.809. The molecule has 0 aliphatic carbocycles. The van der Waals surface area contributed by atoms with Crippen LogP contribution in [-0.2, 0) is 4.79 Å². The average molecular weight is 223 g/mol. The fourth-order valence-electron chi connectivity index (χ4n) is 1.54. The van der Waals surface area contributed by atoms with Crippen LogP contribution in [0, 0.1) is 0 Å². The average Bonchev–Trinajstić information content (AvgIpc) is 2.25. The Balaban J connectivity index is 2.66. The number of aliphatic carboxylic acids is 1. The topological polar surface area (TPSA) is 60.8 Å². The third-order valence-corrected chi connectivity index (χ3v) is 2.73. The lowest BCUT2D eigenvalue weighted by atomic mass is 10.1. The van der Waals surface area contributed by atoms with Crippen LogP contribution in [-0.4, -0.2) is 34.7 Å². The summed E-state index contributed by atoms with van der Waals surface area (Å²) in [5.41, 5.74) is 0.815. The van der Waals surface area contributed by atoms with E-state index in [1.807, 2.05) is 31.0 Å². The Morgan fingerprint density at radius 1 is 1.44 bits per heavy atom. The molecule has 0 fully saturated rings. The van der Waals surface area contributed by atoms with Gasteiger partial charge in [-0.25, -0.2) is 0 Å². The lowest BCUT2D eigenvalue weighted by Gasteiger charge is -2.24. The zero-order valence-electron chi connectivity index (χ0n) is 9.55. The molecule has 0 saturated heterocycles. The first-order valence-electron chi connectivity index (χ1n) is 5.22. The summed E-state index contributed by atoms with van der Waals surface area (Å²) in [4.78, 5) is 12.4. The number of benzene rings is 1. The van der Waals surface area contributed by atoms with E-state index in [1.54, 1.807) is 12.1 Å². The van der Waals surface area contributed by atoms with Crippen molar-refractivity contribution in [3.8, 4) is 5.75 Å². The zero-order chi connectivity index (χ0) is 12.1. The standard InChI is InChI=1S/C12H17NO3/c1-9(13(2)8-7-12(15)16)10-5-3-4-6-11(10)14/h3-6,9,14H,7-8H2,1-2H3,(H,15,16). The lowest BCUT2D eigenvalue weighted by Crippen LogP contribution is -2.25. The summed E-state index contributed by atoms with van der Waals surface area (Å²) in [6.07, 6.45) is 0.106. The third-order valence-electron chi connectivity index (χ3n) is 2.73. The number of nitrogens with zero attached hydrogens (tertiary/aromatic N) is 1. The molecule has 1 unspecified atom stereocenters. The summed E-state index contributed by atoms with van der Waals surface area (Å²) >= 11 is 0. The van der Waals surface area contributed by atoms with E-state index in [0.29, 0.717) is 6.54 Å². The van der Waals surface area contributed by atoms with Gasteiger partial charge in [0.05, 0.1) is 6.42 Å². The Hall–Kier alpha value is -1.55. The Morgan fingerprint density at radius 2 is 2.06 bits per heavy atom. The summed E-state index contributed by atoms with van der Waals surface area (Å²) < 4.78 is 0. The van der Waals surface area contributed by atoms with Crippen molar-refractivity contribution in [3.63, 3.8) is 0 Å². The Morgan fingerprint density at radius 3 is 2.62 bits per heavy atom. The van der Waals surface area contributed by atoms with E-state index in [2.05, 4.69) is 0 Å². The van der Waals surface area contributed by atoms with Gasteiger partial charge >= 0.3 is 5.97 Å². The molecule has 1 atom stereocenters. The van der Waals surface area contributed by atoms with E-state index in [4.69, 9.17) is 5.11 Å². The van der Waals surface area contributed by atoms with Gasteiger partial charge in [-0.15, -0.1) is 0 Å². The van der Waals surface area contributed by atoms with Crippen molar-refractivity contribution >= 4 is 5.97 Å². The highest BCUT2D eigenvalue weighted by Crippen LogP contribution is 2.26. The summed E-state index contributed by atoms with van der Waals surface area (Å²) in [6.45, 7) is 2.40. The number of rotatable bonds is 5. The highest BCUT2D eigenvalue weighted by molar-refractivity contribution is 5.66. The summed E-state index contributed by atoms with van der Waals surface area (Å²) in [6, 6.07) is 7.11. The van der Waals surface area contributed by atoms with Crippen molar-refractivity contribution in [2.75, 3.05) is 13.6 Å². The number of hydrogen-bond donors (Lipinski definition) is 2. The predicted molar refractivity (Wildman–Crippen MR) is 61.4 cm³/mol. The molecule has 0 aliphatic rings. The molecule has 0 heterocycles. The maximum absolute atomic E-state index is 10.5. The molecule has 0 bridgehead atoms. The molecule has 88 valence electrons. The van der Waals surface area contributed by atoms with Crippen LogP contribution in [0.3, 0.4) is 0 Å². The maximum atomic E-state index is 10.5. The number of aromatic hydroxyl groups is 1. The van der Waals surface area contributed by atoms with Gasteiger partial charge in [0, 0.05) is 18.2 Å². The number of phenolic OH excluding ortho intramolecular Hbond substituents is 1. The van der Waals surface area contributed by atoms with Crippen molar-refractivity contribution in [2.24, 2.45) is 0 Å². The van der Waals surface area contributed by atoms with E-state index in [0.717, 1.165) is 5.56 Å². The van der Waals surface area contributed by atoms with Gasteiger partial charge in [0.15, 0.2) is 0 Å². The minimum absolute atomic E-state index is 0.000509. The van der Waals surface area contributed by atoms with Crippen LogP contribution in [0.4, 0.5) is 0 Å². The first-order valence-corrected chi connectivity index (χ1v) is 5.22. The van der Waals surface area contributed by atoms with Crippen LogP contribution < -0.4 is 0 Å². The molecular formula is C12H17NO3. The van der Waals surface area contributed by atoms with E-state index >= 15 is 0 Å². The molecule has 0 amide bonds. The highest BCUT2D eigenvalue weighted by Gasteiger charge is 2.15. The van der Waals surface area contributed by atoms with Gasteiger partial charge in [-0.2, -0.15) is 0 Å². The molecule has 1 rings (SSSR count). The Kier molecular flexibility index (Phi) is 4.31. The van der Waals surface area contributed by atoms with Crippen LogP contribution in [0.1, 0.15) is 24.9 Å². The van der Waals surface area contributed by atoms with E-state index < -0.39 is 5.97 Å². The number of carboxylic acid groups (broad SMARTS) is 1. The molecule has 2 N–H and O–H groups in total. The van der Waals surface area contributed by atoms with Gasteiger partial charge in [-0.05, 0) is 20.0 Å². The van der Waals surface area contributed by atoms with Gasteiger partial charge in [0.1, 0.15) is 5.75 Å². The second kappa shape index (κ2) is 5.51. The SMILES string of the molecule is CC(c1ccccc1O)N(C)CCC(=O)O. The number of para-hydroxylation sites is 1. The third kappa shape index (κ3) is 3.24. The maximum Gasteiger partial charge on any atom is 0.304 e. The quantitative estimate of drug-likeness (QED) is 0.799. The summed E-state index contributed by atoms with van der Waals surface area (Å²) in [5.74, 6) is -0.562. The molecule has 0 saturated carbocycles. The van der Waals surface area contributed by atoms with Gasteiger partial charge in [-0.1, -0.05) is 18.2 Å². The number of carboxylic acids is 1. The number of phenols is 1. The molecule has 0 radical (unpaired) electrons. The molecule has 1 aromatic rings. The molecule has 0 aromatic heterocycles. The molecule has 0 spiro atoms. The largest absolute Gasteiger partial charge is 0.508 e. The smallest absolute Gasteiger partial charge is 0.304 e. The van der Waals surface area contributed by atoms with Crippen molar-refractivity contribution in [2.45, 2.75) is 19.4 Å². The van der Waals surface area contributed by atoms with E-state index in [-0.39, 0.29) is 18.2 Å². The van der Waals surface area contributed by atoms with Crippen molar-refractivity contribution in [3.05, 3.63) is 29.8 Å². The fraction of sp³-hybridized carbons (Fsp3) is 0.417. The fourth-order valence-corrected chi connectivity index (χ4v) is 1.54. The van der Waals surface area contributed by atoms with Crippen LogP contribution in [0.5, 0.6) is 5.75 Å². The molecular weight excluding hydrogens is 206 g/mol. The Labute approximate surface area is 95.1 Å². The van der Waals surface area contributed by atoms with Crippen LogP contribution in [0.2, 0.25) is 0 Å². The monoisotopic (exact) mass is 223 g/mol. The minimum Gasteiger partial charge on any atom is -0.508 e. The summed E-state index contributed by atoms with van der Waals surface area (Å²) in [5, 5.41) is 18.3. The first kappa shape index (κ1) is 12.5. The second-order valence-electron chi connectivity index (χ2n) is 3.86. The Bertz CT molecular complexity index is 365. The summed E-state index contributed by atoms with van der Waals surface area (Å²) in [7, 11) is 1.85. The normalized spacial score (nSPS) is 12.7. The molecule has 4 heteroatoms. The van der Waals surface area contributed by atoms with Crippen molar-refractivity contribution < 1.29 is 15.0 Å². The highest BCUT2D eigenvalue weighted by atomic mass is 16.4. The van der Waals surface area contributed by atoms with Gasteiger partial charge < -0.3 is 10.2 Å². The van der Waals surface area contributed by atoms with Gasteiger partial charge in [0.25, 0.3) is 0 Å². The van der Waals surface area contributed by atoms with Gasteiger partial charge in [0.2, 0.25) is 0 Å². The first-order chi connectivity index (χ1) is 7.52. The molecule has 0 aliphatic heterocycles. The number of carbonyl (C=O) groups is 1.